The molecule has 0 rings (SSSR count). The lowest BCUT2D eigenvalue weighted by atomic mass is 9.81. The first-order valence-electron chi connectivity index (χ1n) is 6.45. The minimum absolute atomic E-state index is 0.265. The Morgan fingerprint density at radius 2 is 1.40 bits per heavy atom. The van der Waals surface area contributed by atoms with Gasteiger partial charge in [-0.2, -0.15) is 0 Å². The van der Waals surface area contributed by atoms with Gasteiger partial charge in [-0.05, 0) is 38.1 Å². The molecule has 0 aliphatic carbocycles. The second kappa shape index (κ2) is 5.89. The first-order chi connectivity index (χ1) is 6.70. The molecule has 0 aliphatic heterocycles. The van der Waals surface area contributed by atoms with E-state index in [1.54, 1.807) is 0 Å². The molecule has 1 N–H and O–H groups in total. The third-order valence-electron chi connectivity index (χ3n) is 3.00. The summed E-state index contributed by atoms with van der Waals surface area (Å²) in [6, 6.07) is 0. The van der Waals surface area contributed by atoms with E-state index in [1.165, 1.54) is 19.3 Å². The third kappa shape index (κ3) is 7.84. The molecule has 0 spiro atoms. The lowest BCUT2D eigenvalue weighted by Gasteiger charge is -2.34. The maximum atomic E-state index is 3.72. The summed E-state index contributed by atoms with van der Waals surface area (Å²) in [6.45, 7) is 17.3. The topological polar surface area (TPSA) is 12.0 Å². The van der Waals surface area contributed by atoms with Crippen LogP contribution in [0.3, 0.4) is 0 Å². The maximum Gasteiger partial charge on any atom is 0.0130 e. The van der Waals surface area contributed by atoms with Gasteiger partial charge in [0.15, 0.2) is 0 Å². The summed E-state index contributed by atoms with van der Waals surface area (Å²) in [5.41, 5.74) is 0.672. The van der Waals surface area contributed by atoms with Crippen LogP contribution in [-0.2, 0) is 0 Å². The molecule has 0 fully saturated rings. The predicted octanol–water partition coefficient (Wildman–Crippen LogP) is 4.23. The van der Waals surface area contributed by atoms with Gasteiger partial charge in [-0.1, -0.05) is 47.5 Å². The fraction of sp³-hybridized carbons (Fsp3) is 1.00. The highest BCUT2D eigenvalue weighted by Gasteiger charge is 2.25. The molecule has 0 saturated carbocycles. The lowest BCUT2D eigenvalue weighted by Crippen LogP contribution is -2.44. The number of rotatable bonds is 6. The zero-order valence-corrected chi connectivity index (χ0v) is 11.9. The Morgan fingerprint density at radius 3 is 1.73 bits per heavy atom. The Hall–Kier alpha value is -0.0400. The molecule has 1 nitrogen and oxygen atoms in total. The second-order valence-electron chi connectivity index (χ2n) is 6.68. The molecule has 0 saturated heterocycles. The molecule has 0 bridgehead atoms. The van der Waals surface area contributed by atoms with E-state index in [1.807, 2.05) is 0 Å². The van der Waals surface area contributed by atoms with Gasteiger partial charge >= 0.3 is 0 Å². The molecule has 1 heteroatoms. The van der Waals surface area contributed by atoms with Gasteiger partial charge in [0.05, 0.1) is 0 Å². The summed E-state index contributed by atoms with van der Waals surface area (Å²) in [7, 11) is 0. The monoisotopic (exact) mass is 213 g/mol. The Morgan fingerprint density at radius 1 is 0.933 bits per heavy atom. The Bertz CT molecular complexity index is 161. The molecule has 92 valence electrons. The van der Waals surface area contributed by atoms with Crippen molar-refractivity contribution in [1.29, 1.82) is 0 Å². The van der Waals surface area contributed by atoms with E-state index in [4.69, 9.17) is 0 Å². The minimum atomic E-state index is 0.265. The fourth-order valence-electron chi connectivity index (χ4n) is 2.39. The van der Waals surface area contributed by atoms with Gasteiger partial charge in [0, 0.05) is 5.54 Å². The van der Waals surface area contributed by atoms with Crippen molar-refractivity contribution in [2.45, 2.75) is 73.3 Å². The molecule has 0 aliphatic rings. The molecular formula is C14H31N. The van der Waals surface area contributed by atoms with Crippen LogP contribution in [0, 0.1) is 11.3 Å². The van der Waals surface area contributed by atoms with E-state index in [-0.39, 0.29) is 5.54 Å². The van der Waals surface area contributed by atoms with Gasteiger partial charge in [0.25, 0.3) is 0 Å². The standard InChI is InChI=1S/C14H31N/c1-8-12(9-2)10-15-14(6,7)11-13(3,4)5/h12,15H,8-11H2,1-7H3. The Labute approximate surface area is 97.0 Å². The number of hydrogen-bond acceptors (Lipinski definition) is 1. The van der Waals surface area contributed by atoms with Crippen LogP contribution in [-0.4, -0.2) is 12.1 Å². The second-order valence-corrected chi connectivity index (χ2v) is 6.68. The minimum Gasteiger partial charge on any atom is -0.311 e. The number of hydrogen-bond donors (Lipinski definition) is 1. The third-order valence-corrected chi connectivity index (χ3v) is 3.00. The molecule has 0 unspecified atom stereocenters. The Balaban J connectivity index is 4.03. The molecule has 0 atom stereocenters. The highest BCUT2D eigenvalue weighted by atomic mass is 15.0. The summed E-state index contributed by atoms with van der Waals surface area (Å²) in [5, 5.41) is 3.72. The van der Waals surface area contributed by atoms with Gasteiger partial charge < -0.3 is 5.32 Å². The van der Waals surface area contributed by atoms with Crippen molar-refractivity contribution in [1.82, 2.24) is 5.32 Å². The van der Waals surface area contributed by atoms with Crippen LogP contribution in [0.1, 0.15) is 67.7 Å². The molecule has 0 amide bonds. The van der Waals surface area contributed by atoms with Crippen molar-refractivity contribution in [2.24, 2.45) is 11.3 Å². The quantitative estimate of drug-likeness (QED) is 0.696. The van der Waals surface area contributed by atoms with Crippen LogP contribution in [0.15, 0.2) is 0 Å². The van der Waals surface area contributed by atoms with Crippen LogP contribution in [0.4, 0.5) is 0 Å². The van der Waals surface area contributed by atoms with Crippen molar-refractivity contribution in [3.05, 3.63) is 0 Å². The smallest absolute Gasteiger partial charge is 0.0130 e. The van der Waals surface area contributed by atoms with E-state index >= 15 is 0 Å². The summed E-state index contributed by atoms with van der Waals surface area (Å²) >= 11 is 0. The predicted molar refractivity (Wildman–Crippen MR) is 70.2 cm³/mol. The average Bonchev–Trinajstić information content (AvgIpc) is 2.01. The van der Waals surface area contributed by atoms with Crippen LogP contribution >= 0.6 is 0 Å². The van der Waals surface area contributed by atoms with E-state index in [0.717, 1.165) is 12.5 Å². The molecule has 0 aromatic rings. The normalized spacial score (nSPS) is 13.6. The average molecular weight is 213 g/mol. The highest BCUT2D eigenvalue weighted by Crippen LogP contribution is 2.27. The van der Waals surface area contributed by atoms with Crippen molar-refractivity contribution < 1.29 is 0 Å². The van der Waals surface area contributed by atoms with Crippen molar-refractivity contribution in [3.63, 3.8) is 0 Å². The first kappa shape index (κ1) is 15.0. The summed E-state index contributed by atoms with van der Waals surface area (Å²) < 4.78 is 0. The summed E-state index contributed by atoms with van der Waals surface area (Å²) in [5.74, 6) is 0.837. The summed E-state index contributed by atoms with van der Waals surface area (Å²) in [4.78, 5) is 0. The largest absolute Gasteiger partial charge is 0.311 e. The van der Waals surface area contributed by atoms with Gasteiger partial charge in [0.2, 0.25) is 0 Å². The van der Waals surface area contributed by atoms with Gasteiger partial charge in [-0.3, -0.25) is 0 Å². The first-order valence-corrected chi connectivity index (χ1v) is 6.45. The maximum absolute atomic E-state index is 3.72. The van der Waals surface area contributed by atoms with E-state index < -0.39 is 0 Å². The molecule has 0 heterocycles. The fourth-order valence-corrected chi connectivity index (χ4v) is 2.39. The zero-order chi connectivity index (χ0) is 12.1. The summed E-state index contributed by atoms with van der Waals surface area (Å²) in [6.07, 6.45) is 3.80. The number of nitrogens with one attached hydrogen (secondary N) is 1. The SMILES string of the molecule is CCC(CC)CNC(C)(C)CC(C)(C)C. The van der Waals surface area contributed by atoms with Crippen LogP contribution < -0.4 is 5.32 Å². The van der Waals surface area contributed by atoms with Crippen LogP contribution in [0.5, 0.6) is 0 Å². The molecular weight excluding hydrogens is 182 g/mol. The van der Waals surface area contributed by atoms with E-state index in [2.05, 4.69) is 53.8 Å². The molecule has 0 aromatic carbocycles. The van der Waals surface area contributed by atoms with E-state index in [9.17, 15) is 0 Å². The Kier molecular flexibility index (Phi) is 5.87. The highest BCUT2D eigenvalue weighted by molar-refractivity contribution is 4.83. The van der Waals surface area contributed by atoms with Crippen LogP contribution in [0.2, 0.25) is 0 Å². The molecule has 15 heavy (non-hydrogen) atoms. The van der Waals surface area contributed by atoms with Crippen molar-refractivity contribution >= 4 is 0 Å². The van der Waals surface area contributed by atoms with Crippen molar-refractivity contribution in [2.75, 3.05) is 6.54 Å². The molecule has 0 radical (unpaired) electrons. The zero-order valence-electron chi connectivity index (χ0n) is 11.9. The van der Waals surface area contributed by atoms with Gasteiger partial charge in [0.1, 0.15) is 0 Å². The van der Waals surface area contributed by atoms with Crippen molar-refractivity contribution in [3.8, 4) is 0 Å². The van der Waals surface area contributed by atoms with Gasteiger partial charge in [-0.25, -0.2) is 0 Å². The lowest BCUT2D eigenvalue weighted by molar-refractivity contribution is 0.230. The van der Waals surface area contributed by atoms with Crippen LogP contribution in [0.25, 0.3) is 0 Å². The molecule has 0 aromatic heterocycles. The van der Waals surface area contributed by atoms with E-state index in [0.29, 0.717) is 5.41 Å². The van der Waals surface area contributed by atoms with Gasteiger partial charge in [-0.15, -0.1) is 0 Å².